The number of aromatic hydroxyl groups is 2. The van der Waals surface area contributed by atoms with Crippen molar-refractivity contribution in [2.45, 2.75) is 13.3 Å². The van der Waals surface area contributed by atoms with Crippen LogP contribution in [-0.4, -0.2) is 19.8 Å². The van der Waals surface area contributed by atoms with Crippen LogP contribution >= 0.6 is 0 Å². The number of aromatic nitrogens is 2. The van der Waals surface area contributed by atoms with Gasteiger partial charge in [-0.25, -0.2) is 4.98 Å². The molecule has 2 N–H and O–H groups in total. The molecule has 3 aromatic carbocycles. The molecule has 4 rings (SSSR count). The van der Waals surface area contributed by atoms with E-state index < -0.39 is 0 Å². The Hall–Kier alpha value is -3.53. The first-order valence-corrected chi connectivity index (χ1v) is 8.93. The Morgan fingerprint density at radius 3 is 1.93 bits per heavy atom. The molecule has 27 heavy (non-hydrogen) atoms. The van der Waals surface area contributed by atoms with Crippen molar-refractivity contribution in [2.75, 3.05) is 0 Å². The number of phenolic OH excluding ortho intramolecular Hbond substituents is 2. The maximum Gasteiger partial charge on any atom is 0.145 e. The molecule has 0 radical (unpaired) electrons. The van der Waals surface area contributed by atoms with E-state index in [1.54, 1.807) is 24.3 Å². The molecule has 0 aliphatic rings. The second-order valence-corrected chi connectivity index (χ2v) is 6.35. The highest BCUT2D eigenvalue weighted by molar-refractivity contribution is 5.71. The zero-order chi connectivity index (χ0) is 18.8. The number of hydrogen-bond donors (Lipinski definition) is 2. The summed E-state index contributed by atoms with van der Waals surface area (Å²) < 4.78 is 2.14. The van der Waals surface area contributed by atoms with Crippen molar-refractivity contribution in [1.29, 1.82) is 0 Å². The van der Waals surface area contributed by atoms with Crippen molar-refractivity contribution in [3.8, 4) is 39.8 Å². The zero-order valence-electron chi connectivity index (χ0n) is 15.0. The summed E-state index contributed by atoms with van der Waals surface area (Å²) in [6, 6.07) is 24.3. The molecule has 0 aliphatic heterocycles. The largest absolute Gasteiger partial charge is 0.508 e. The van der Waals surface area contributed by atoms with E-state index >= 15 is 0 Å². The third kappa shape index (κ3) is 3.17. The first-order valence-electron chi connectivity index (χ1n) is 8.93. The van der Waals surface area contributed by atoms with Crippen LogP contribution in [0.2, 0.25) is 0 Å². The van der Waals surface area contributed by atoms with Crippen molar-refractivity contribution in [3.05, 3.63) is 84.6 Å². The van der Waals surface area contributed by atoms with Crippen LogP contribution in [0.4, 0.5) is 0 Å². The Morgan fingerprint density at radius 1 is 0.741 bits per heavy atom. The third-order valence-corrected chi connectivity index (χ3v) is 4.59. The topological polar surface area (TPSA) is 58.3 Å². The summed E-state index contributed by atoms with van der Waals surface area (Å²) in [5.41, 5.74) is 4.89. The summed E-state index contributed by atoms with van der Waals surface area (Å²) in [5, 5.41) is 19.3. The molecule has 0 aliphatic carbocycles. The van der Waals surface area contributed by atoms with Gasteiger partial charge in [-0.15, -0.1) is 0 Å². The predicted molar refractivity (Wildman–Crippen MR) is 107 cm³/mol. The summed E-state index contributed by atoms with van der Waals surface area (Å²) in [5.74, 6) is 1.32. The van der Waals surface area contributed by atoms with E-state index in [-0.39, 0.29) is 11.5 Å². The van der Waals surface area contributed by atoms with Gasteiger partial charge in [0.05, 0.1) is 11.4 Å². The maximum absolute atomic E-state index is 9.68. The zero-order valence-corrected chi connectivity index (χ0v) is 15.0. The summed E-state index contributed by atoms with van der Waals surface area (Å²) >= 11 is 0. The molecule has 1 aromatic heterocycles. The Morgan fingerprint density at radius 2 is 1.33 bits per heavy atom. The molecular formula is C23H20N2O2. The highest BCUT2D eigenvalue weighted by Gasteiger charge is 2.19. The molecule has 4 nitrogen and oxygen atoms in total. The number of hydrogen-bond acceptors (Lipinski definition) is 3. The average Bonchev–Trinajstić information content (AvgIpc) is 3.09. The Balaban J connectivity index is 1.99. The lowest BCUT2D eigenvalue weighted by Gasteiger charge is -2.12. The molecule has 0 saturated heterocycles. The molecular weight excluding hydrogens is 336 g/mol. The minimum Gasteiger partial charge on any atom is -0.508 e. The molecule has 0 bridgehead atoms. The quantitative estimate of drug-likeness (QED) is 0.530. The van der Waals surface area contributed by atoms with Gasteiger partial charge < -0.3 is 10.2 Å². The Bertz CT molecular complexity index is 1050. The first kappa shape index (κ1) is 16.9. The van der Waals surface area contributed by atoms with Gasteiger partial charge >= 0.3 is 0 Å². The molecule has 0 spiro atoms. The van der Waals surface area contributed by atoms with E-state index in [4.69, 9.17) is 4.98 Å². The van der Waals surface area contributed by atoms with Crippen LogP contribution in [0, 0.1) is 0 Å². The Labute approximate surface area is 158 Å². The monoisotopic (exact) mass is 356 g/mol. The van der Waals surface area contributed by atoms with Gasteiger partial charge in [0, 0.05) is 16.8 Å². The van der Waals surface area contributed by atoms with Crippen LogP contribution in [0.1, 0.15) is 12.6 Å². The van der Waals surface area contributed by atoms with E-state index in [9.17, 15) is 10.2 Å². The van der Waals surface area contributed by atoms with Crippen molar-refractivity contribution >= 4 is 0 Å². The second-order valence-electron chi connectivity index (χ2n) is 6.35. The molecule has 134 valence electrons. The van der Waals surface area contributed by atoms with Gasteiger partial charge in [-0.1, -0.05) is 37.3 Å². The smallest absolute Gasteiger partial charge is 0.145 e. The van der Waals surface area contributed by atoms with Crippen LogP contribution in [0.15, 0.2) is 78.9 Å². The average molecular weight is 356 g/mol. The van der Waals surface area contributed by atoms with Crippen LogP contribution in [-0.2, 0) is 6.42 Å². The van der Waals surface area contributed by atoms with Crippen molar-refractivity contribution < 1.29 is 10.2 Å². The second kappa shape index (κ2) is 7.00. The van der Waals surface area contributed by atoms with Gasteiger partial charge in [-0.3, -0.25) is 4.57 Å². The van der Waals surface area contributed by atoms with E-state index in [1.807, 2.05) is 54.6 Å². The number of nitrogens with zero attached hydrogens (tertiary/aromatic N) is 2. The van der Waals surface area contributed by atoms with Crippen molar-refractivity contribution in [3.63, 3.8) is 0 Å². The van der Waals surface area contributed by atoms with Crippen LogP contribution in [0.25, 0.3) is 28.3 Å². The number of rotatable bonds is 4. The number of phenols is 2. The van der Waals surface area contributed by atoms with Crippen molar-refractivity contribution in [2.24, 2.45) is 0 Å². The standard InChI is InChI=1S/C23H20N2O2/c1-2-21-22(16-8-12-19(26)13-9-16)24-23(17-6-4-3-5-7-17)25(21)18-10-14-20(27)15-11-18/h3-15,26-27H,2H2,1H3. The number of imidazole rings is 1. The third-order valence-electron chi connectivity index (χ3n) is 4.59. The SMILES string of the molecule is CCc1c(-c2ccc(O)cc2)nc(-c2ccccc2)n1-c1ccc(O)cc1. The number of benzene rings is 3. The molecule has 0 amide bonds. The van der Waals surface area contributed by atoms with Crippen LogP contribution in [0.3, 0.4) is 0 Å². The van der Waals surface area contributed by atoms with Crippen molar-refractivity contribution in [1.82, 2.24) is 9.55 Å². The summed E-state index contributed by atoms with van der Waals surface area (Å²) in [7, 11) is 0. The van der Waals surface area contributed by atoms with Crippen LogP contribution in [0.5, 0.6) is 11.5 Å². The molecule has 0 unspecified atom stereocenters. The highest BCUT2D eigenvalue weighted by Crippen LogP contribution is 2.33. The lowest BCUT2D eigenvalue weighted by Crippen LogP contribution is -2.02. The Kier molecular flexibility index (Phi) is 4.38. The van der Waals surface area contributed by atoms with E-state index in [2.05, 4.69) is 11.5 Å². The van der Waals surface area contributed by atoms with E-state index in [1.165, 1.54) is 0 Å². The predicted octanol–water partition coefficient (Wildman–Crippen LogP) is 5.18. The van der Waals surface area contributed by atoms with Gasteiger partial charge in [0.15, 0.2) is 0 Å². The van der Waals surface area contributed by atoms with Gasteiger partial charge in [0.25, 0.3) is 0 Å². The lowest BCUT2D eigenvalue weighted by molar-refractivity contribution is 0.475. The minimum absolute atomic E-state index is 0.233. The molecule has 1 heterocycles. The van der Waals surface area contributed by atoms with Gasteiger partial charge in [-0.2, -0.15) is 0 Å². The molecule has 4 heteroatoms. The summed E-state index contributed by atoms with van der Waals surface area (Å²) in [6.45, 7) is 2.10. The van der Waals surface area contributed by atoms with E-state index in [0.717, 1.165) is 40.4 Å². The minimum atomic E-state index is 0.233. The fourth-order valence-corrected chi connectivity index (χ4v) is 3.29. The fraction of sp³-hybridized carbons (Fsp3) is 0.0870. The molecule has 0 fully saturated rings. The highest BCUT2D eigenvalue weighted by atomic mass is 16.3. The first-order chi connectivity index (χ1) is 13.2. The fourth-order valence-electron chi connectivity index (χ4n) is 3.29. The molecule has 0 saturated carbocycles. The van der Waals surface area contributed by atoms with E-state index in [0.29, 0.717) is 0 Å². The molecule has 4 aromatic rings. The summed E-state index contributed by atoms with van der Waals surface area (Å²) in [6.07, 6.45) is 0.789. The van der Waals surface area contributed by atoms with Gasteiger partial charge in [0.1, 0.15) is 17.3 Å². The molecule has 0 atom stereocenters. The lowest BCUT2D eigenvalue weighted by atomic mass is 10.1. The van der Waals surface area contributed by atoms with Gasteiger partial charge in [0.2, 0.25) is 0 Å². The maximum atomic E-state index is 9.68. The van der Waals surface area contributed by atoms with Gasteiger partial charge in [-0.05, 0) is 55.0 Å². The summed E-state index contributed by atoms with van der Waals surface area (Å²) in [4.78, 5) is 4.97. The normalized spacial score (nSPS) is 10.9. The van der Waals surface area contributed by atoms with Crippen LogP contribution < -0.4 is 0 Å².